The van der Waals surface area contributed by atoms with Gasteiger partial charge in [0.1, 0.15) is 5.75 Å². The smallest absolute Gasteiger partial charge is 0.417 e. The van der Waals surface area contributed by atoms with Crippen molar-refractivity contribution in [3.63, 3.8) is 0 Å². The number of aromatic amines is 1. The summed E-state index contributed by atoms with van der Waals surface area (Å²) in [4.78, 5) is 26.4. The topological polar surface area (TPSA) is 84.3 Å². The number of oxazole rings is 1. The SMILES string of the molecule is COc1ccc(C(CC(=O)Nc2ccc3oc(=O)[nH]c3c2)C2CC2)cc1. The van der Waals surface area contributed by atoms with Crippen LogP contribution in [0.1, 0.15) is 30.7 Å². The molecule has 0 radical (unpaired) electrons. The van der Waals surface area contributed by atoms with Crippen LogP contribution in [0.25, 0.3) is 11.1 Å². The minimum atomic E-state index is -0.503. The summed E-state index contributed by atoms with van der Waals surface area (Å²) in [5.74, 6) is 1.04. The molecular formula is C20H20N2O4. The first-order valence-electron chi connectivity index (χ1n) is 8.69. The van der Waals surface area contributed by atoms with Crippen molar-refractivity contribution in [2.75, 3.05) is 12.4 Å². The van der Waals surface area contributed by atoms with Gasteiger partial charge in [0.15, 0.2) is 5.58 Å². The number of rotatable bonds is 6. The van der Waals surface area contributed by atoms with Crippen LogP contribution in [0.2, 0.25) is 0 Å². The van der Waals surface area contributed by atoms with Gasteiger partial charge < -0.3 is 14.5 Å². The van der Waals surface area contributed by atoms with Crippen molar-refractivity contribution in [2.24, 2.45) is 5.92 Å². The van der Waals surface area contributed by atoms with E-state index in [-0.39, 0.29) is 11.8 Å². The Morgan fingerprint density at radius 1 is 1.27 bits per heavy atom. The van der Waals surface area contributed by atoms with Crippen molar-refractivity contribution in [1.82, 2.24) is 4.98 Å². The molecule has 1 aliphatic rings. The van der Waals surface area contributed by atoms with Crippen molar-refractivity contribution in [2.45, 2.75) is 25.2 Å². The molecule has 2 aromatic carbocycles. The average molecular weight is 352 g/mol. The Hall–Kier alpha value is -3.02. The van der Waals surface area contributed by atoms with E-state index >= 15 is 0 Å². The molecule has 2 N–H and O–H groups in total. The highest BCUT2D eigenvalue weighted by atomic mass is 16.5. The molecule has 6 heteroatoms. The van der Waals surface area contributed by atoms with Crippen LogP contribution in [-0.2, 0) is 4.79 Å². The van der Waals surface area contributed by atoms with E-state index in [1.807, 2.05) is 24.3 Å². The van der Waals surface area contributed by atoms with Gasteiger partial charge in [-0.3, -0.25) is 9.78 Å². The van der Waals surface area contributed by atoms with Crippen molar-refractivity contribution < 1.29 is 13.9 Å². The first kappa shape index (κ1) is 16.4. The van der Waals surface area contributed by atoms with Crippen LogP contribution >= 0.6 is 0 Å². The zero-order valence-electron chi connectivity index (χ0n) is 14.5. The number of carbonyl (C=O) groups excluding carboxylic acids is 1. The van der Waals surface area contributed by atoms with Gasteiger partial charge in [-0.1, -0.05) is 12.1 Å². The number of fused-ring (bicyclic) bond motifs is 1. The fourth-order valence-corrected chi connectivity index (χ4v) is 3.35. The molecule has 0 bridgehead atoms. The minimum absolute atomic E-state index is 0.0390. The Kier molecular flexibility index (Phi) is 4.24. The molecule has 26 heavy (non-hydrogen) atoms. The van der Waals surface area contributed by atoms with Gasteiger partial charge in [-0.2, -0.15) is 0 Å². The van der Waals surface area contributed by atoms with Crippen LogP contribution < -0.4 is 15.8 Å². The lowest BCUT2D eigenvalue weighted by Crippen LogP contribution is -2.16. The van der Waals surface area contributed by atoms with Gasteiger partial charge in [-0.25, -0.2) is 4.79 Å². The van der Waals surface area contributed by atoms with E-state index in [0.29, 0.717) is 29.1 Å². The minimum Gasteiger partial charge on any atom is -0.497 e. The number of hydrogen-bond acceptors (Lipinski definition) is 4. The Balaban J connectivity index is 1.47. The Labute approximate surface area is 150 Å². The van der Waals surface area contributed by atoms with Crippen LogP contribution in [0, 0.1) is 5.92 Å². The molecule has 134 valence electrons. The number of nitrogens with one attached hydrogen (secondary N) is 2. The van der Waals surface area contributed by atoms with Crippen LogP contribution in [0.5, 0.6) is 5.75 Å². The number of aromatic nitrogens is 1. The summed E-state index contributed by atoms with van der Waals surface area (Å²) in [6.45, 7) is 0. The maximum absolute atomic E-state index is 12.6. The van der Waals surface area contributed by atoms with Gasteiger partial charge in [-0.05, 0) is 60.6 Å². The standard InChI is InChI=1S/C20H20N2O4/c1-25-15-7-4-13(5-8-15)16(12-2-3-12)11-19(23)21-14-6-9-18-17(10-14)22-20(24)26-18/h4-10,12,16H,2-3,11H2,1H3,(H,21,23)(H,22,24). The molecule has 3 aromatic rings. The molecule has 1 saturated carbocycles. The maximum atomic E-state index is 12.6. The number of H-pyrrole nitrogens is 1. The highest BCUT2D eigenvalue weighted by molar-refractivity contribution is 5.93. The summed E-state index contributed by atoms with van der Waals surface area (Å²) in [5.41, 5.74) is 2.85. The molecule has 1 amide bonds. The molecular weight excluding hydrogens is 332 g/mol. The van der Waals surface area contributed by atoms with Crippen molar-refractivity contribution >= 4 is 22.7 Å². The number of carbonyl (C=O) groups is 1. The lowest BCUT2D eigenvalue weighted by molar-refractivity contribution is -0.116. The monoisotopic (exact) mass is 352 g/mol. The van der Waals surface area contributed by atoms with Crippen molar-refractivity contribution in [3.8, 4) is 5.75 Å². The van der Waals surface area contributed by atoms with E-state index in [1.165, 1.54) is 0 Å². The van der Waals surface area contributed by atoms with E-state index < -0.39 is 5.76 Å². The Morgan fingerprint density at radius 3 is 2.73 bits per heavy atom. The lowest BCUT2D eigenvalue weighted by Gasteiger charge is -2.17. The summed E-state index contributed by atoms with van der Waals surface area (Å²) in [5, 5.41) is 2.92. The number of hydrogen-bond donors (Lipinski definition) is 2. The molecule has 1 atom stereocenters. The first-order valence-corrected chi connectivity index (χ1v) is 8.69. The zero-order valence-corrected chi connectivity index (χ0v) is 14.5. The van der Waals surface area contributed by atoms with Gasteiger partial charge in [0, 0.05) is 12.1 Å². The van der Waals surface area contributed by atoms with E-state index in [2.05, 4.69) is 10.3 Å². The van der Waals surface area contributed by atoms with Crippen molar-refractivity contribution in [3.05, 3.63) is 58.6 Å². The number of anilines is 1. The van der Waals surface area contributed by atoms with Crippen LogP contribution in [0.15, 0.2) is 51.7 Å². The molecule has 1 fully saturated rings. The number of methoxy groups -OCH3 is 1. The Morgan fingerprint density at radius 2 is 2.04 bits per heavy atom. The van der Waals surface area contributed by atoms with Gasteiger partial charge in [-0.15, -0.1) is 0 Å². The van der Waals surface area contributed by atoms with E-state index in [9.17, 15) is 9.59 Å². The number of benzene rings is 2. The summed E-state index contributed by atoms with van der Waals surface area (Å²) >= 11 is 0. The molecule has 6 nitrogen and oxygen atoms in total. The second-order valence-electron chi connectivity index (χ2n) is 6.69. The fraction of sp³-hybridized carbons (Fsp3) is 0.300. The highest BCUT2D eigenvalue weighted by Crippen LogP contribution is 2.44. The second-order valence-corrected chi connectivity index (χ2v) is 6.69. The first-order chi connectivity index (χ1) is 12.6. The molecule has 1 unspecified atom stereocenters. The fourth-order valence-electron chi connectivity index (χ4n) is 3.35. The molecule has 4 rings (SSSR count). The van der Waals surface area contributed by atoms with E-state index in [1.54, 1.807) is 25.3 Å². The lowest BCUT2D eigenvalue weighted by atomic mass is 9.90. The predicted octanol–water partition coefficient (Wildman–Crippen LogP) is 3.65. The van der Waals surface area contributed by atoms with Crippen molar-refractivity contribution in [1.29, 1.82) is 0 Å². The van der Waals surface area contributed by atoms with Crippen LogP contribution in [0.4, 0.5) is 5.69 Å². The maximum Gasteiger partial charge on any atom is 0.417 e. The number of amides is 1. The van der Waals surface area contributed by atoms with Crippen LogP contribution in [-0.4, -0.2) is 18.0 Å². The van der Waals surface area contributed by atoms with Gasteiger partial charge in [0.05, 0.1) is 12.6 Å². The Bertz CT molecular complexity index is 983. The van der Waals surface area contributed by atoms with Gasteiger partial charge >= 0.3 is 5.76 Å². The highest BCUT2D eigenvalue weighted by Gasteiger charge is 2.33. The zero-order chi connectivity index (χ0) is 18.1. The summed E-state index contributed by atoms with van der Waals surface area (Å²) in [7, 11) is 1.64. The normalized spacial score (nSPS) is 15.0. The molecule has 0 spiro atoms. The summed E-state index contributed by atoms with van der Waals surface area (Å²) in [6, 6.07) is 13.1. The summed E-state index contributed by atoms with van der Waals surface area (Å²) in [6.07, 6.45) is 2.75. The quantitative estimate of drug-likeness (QED) is 0.709. The molecule has 0 saturated heterocycles. The summed E-state index contributed by atoms with van der Waals surface area (Å²) < 4.78 is 10.2. The number of ether oxygens (including phenoxy) is 1. The van der Waals surface area contributed by atoms with Gasteiger partial charge in [0.2, 0.25) is 5.91 Å². The third-order valence-electron chi connectivity index (χ3n) is 4.84. The second kappa shape index (κ2) is 6.71. The molecule has 1 aliphatic carbocycles. The average Bonchev–Trinajstić information content (AvgIpc) is 3.41. The van der Waals surface area contributed by atoms with E-state index in [0.717, 1.165) is 24.2 Å². The third kappa shape index (κ3) is 3.49. The largest absolute Gasteiger partial charge is 0.497 e. The molecule has 0 aliphatic heterocycles. The van der Waals surface area contributed by atoms with E-state index in [4.69, 9.17) is 9.15 Å². The third-order valence-corrected chi connectivity index (χ3v) is 4.84. The molecule has 1 heterocycles. The predicted molar refractivity (Wildman–Crippen MR) is 98.5 cm³/mol. The molecule has 1 aromatic heterocycles. The van der Waals surface area contributed by atoms with Crippen LogP contribution in [0.3, 0.4) is 0 Å². The van der Waals surface area contributed by atoms with Gasteiger partial charge in [0.25, 0.3) is 0 Å².